The molecule has 0 saturated carbocycles. The Bertz CT molecular complexity index is 167. The van der Waals surface area contributed by atoms with Gasteiger partial charge in [-0.2, -0.15) is 0 Å². The fourth-order valence-electron chi connectivity index (χ4n) is 1.08. The maximum absolute atomic E-state index is 11.7. The Morgan fingerprint density at radius 1 is 1.31 bits per heavy atom. The summed E-state index contributed by atoms with van der Waals surface area (Å²) >= 11 is 0. The van der Waals surface area contributed by atoms with Gasteiger partial charge in [-0.3, -0.25) is 9.69 Å². The molecule has 0 aliphatic carbocycles. The van der Waals surface area contributed by atoms with Gasteiger partial charge in [0, 0.05) is 11.5 Å². The lowest BCUT2D eigenvalue weighted by Crippen LogP contribution is -2.39. The van der Waals surface area contributed by atoms with Gasteiger partial charge in [-0.15, -0.1) is 0 Å². The Labute approximate surface area is 82.3 Å². The van der Waals surface area contributed by atoms with E-state index in [4.69, 9.17) is 0 Å². The summed E-state index contributed by atoms with van der Waals surface area (Å²) in [5.41, 5.74) is -0.206. The Kier molecular flexibility index (Phi) is 4.62. The molecule has 0 spiro atoms. The van der Waals surface area contributed by atoms with Crippen LogP contribution in [-0.4, -0.2) is 29.8 Å². The number of Topliss-reactive ketones (excluding diaryl/α,β-unsaturated/α-hetero) is 1. The van der Waals surface area contributed by atoms with Crippen molar-refractivity contribution in [3.8, 4) is 0 Å². The number of nitrogens with zero attached hydrogens (tertiary/aromatic N) is 1. The number of likely N-dealkylation sites (N-methyl/N-ethyl adjacent to an activating group) is 1. The van der Waals surface area contributed by atoms with Crippen molar-refractivity contribution in [3.63, 3.8) is 0 Å². The van der Waals surface area contributed by atoms with Gasteiger partial charge in [0.05, 0.1) is 6.54 Å². The van der Waals surface area contributed by atoms with Gasteiger partial charge in [-0.1, -0.05) is 27.7 Å². The zero-order valence-corrected chi connectivity index (χ0v) is 9.85. The molecule has 0 unspecified atom stereocenters. The van der Waals surface area contributed by atoms with E-state index in [1.54, 1.807) is 0 Å². The summed E-state index contributed by atoms with van der Waals surface area (Å²) in [6.07, 6.45) is 0. The molecule has 0 aliphatic heterocycles. The first-order chi connectivity index (χ1) is 5.79. The SMILES string of the molecule is CCN(CC(=O)C(C)(C)C)C(C)C. The lowest BCUT2D eigenvalue weighted by molar-refractivity contribution is -0.127. The van der Waals surface area contributed by atoms with E-state index in [1.165, 1.54) is 0 Å². The monoisotopic (exact) mass is 185 g/mol. The second-order valence-corrected chi connectivity index (χ2v) is 4.83. The maximum Gasteiger partial charge on any atom is 0.152 e. The zero-order chi connectivity index (χ0) is 10.6. The molecular formula is C11H23NO. The van der Waals surface area contributed by atoms with Gasteiger partial charge in [0.25, 0.3) is 0 Å². The minimum absolute atomic E-state index is 0.206. The number of carbonyl (C=O) groups excluding carboxylic acids is 1. The molecule has 2 heteroatoms. The molecule has 0 fully saturated rings. The van der Waals surface area contributed by atoms with Gasteiger partial charge >= 0.3 is 0 Å². The summed E-state index contributed by atoms with van der Waals surface area (Å²) in [6.45, 7) is 13.8. The Morgan fingerprint density at radius 3 is 2.00 bits per heavy atom. The fourth-order valence-corrected chi connectivity index (χ4v) is 1.08. The highest BCUT2D eigenvalue weighted by Gasteiger charge is 2.23. The minimum Gasteiger partial charge on any atom is -0.298 e. The van der Waals surface area contributed by atoms with Crippen molar-refractivity contribution in [3.05, 3.63) is 0 Å². The quantitative estimate of drug-likeness (QED) is 0.670. The van der Waals surface area contributed by atoms with Crippen LogP contribution in [0.5, 0.6) is 0 Å². The summed E-state index contributed by atoms with van der Waals surface area (Å²) in [7, 11) is 0. The van der Waals surface area contributed by atoms with Gasteiger partial charge in [0.2, 0.25) is 0 Å². The van der Waals surface area contributed by atoms with Crippen LogP contribution in [0.1, 0.15) is 41.5 Å². The molecule has 0 aromatic heterocycles. The second-order valence-electron chi connectivity index (χ2n) is 4.83. The van der Waals surface area contributed by atoms with Gasteiger partial charge in [0.15, 0.2) is 5.78 Å². The predicted molar refractivity (Wildman–Crippen MR) is 56.8 cm³/mol. The van der Waals surface area contributed by atoms with Crippen molar-refractivity contribution in [2.45, 2.75) is 47.6 Å². The molecule has 0 amide bonds. The first-order valence-corrected chi connectivity index (χ1v) is 5.06. The van der Waals surface area contributed by atoms with E-state index in [9.17, 15) is 4.79 Å². The van der Waals surface area contributed by atoms with Crippen molar-refractivity contribution >= 4 is 5.78 Å². The first-order valence-electron chi connectivity index (χ1n) is 5.06. The summed E-state index contributed by atoms with van der Waals surface area (Å²) in [4.78, 5) is 13.9. The average Bonchev–Trinajstić information content (AvgIpc) is 1.96. The molecule has 0 saturated heterocycles. The molecule has 0 bridgehead atoms. The molecule has 0 N–H and O–H groups in total. The highest BCUT2D eigenvalue weighted by molar-refractivity contribution is 5.85. The van der Waals surface area contributed by atoms with Gasteiger partial charge < -0.3 is 0 Å². The number of hydrogen-bond donors (Lipinski definition) is 0. The van der Waals surface area contributed by atoms with Gasteiger partial charge in [-0.05, 0) is 20.4 Å². The second kappa shape index (κ2) is 4.75. The Hall–Kier alpha value is -0.370. The van der Waals surface area contributed by atoms with Crippen molar-refractivity contribution in [2.24, 2.45) is 5.41 Å². The Morgan fingerprint density at radius 2 is 1.77 bits per heavy atom. The van der Waals surface area contributed by atoms with Gasteiger partial charge in [-0.25, -0.2) is 0 Å². The molecule has 13 heavy (non-hydrogen) atoms. The molecule has 0 aromatic rings. The smallest absolute Gasteiger partial charge is 0.152 e. The van der Waals surface area contributed by atoms with Crippen molar-refractivity contribution < 1.29 is 4.79 Å². The summed E-state index contributed by atoms with van der Waals surface area (Å²) in [5, 5.41) is 0. The molecule has 0 atom stereocenters. The first kappa shape index (κ1) is 12.6. The third kappa shape index (κ3) is 4.41. The van der Waals surface area contributed by atoms with Crippen molar-refractivity contribution in [1.29, 1.82) is 0 Å². The minimum atomic E-state index is -0.206. The summed E-state index contributed by atoms with van der Waals surface area (Å²) in [6, 6.07) is 0.455. The van der Waals surface area contributed by atoms with Crippen LogP contribution in [0.2, 0.25) is 0 Å². The summed E-state index contributed by atoms with van der Waals surface area (Å²) < 4.78 is 0. The van der Waals surface area contributed by atoms with Crippen LogP contribution < -0.4 is 0 Å². The van der Waals surface area contributed by atoms with E-state index < -0.39 is 0 Å². The van der Waals surface area contributed by atoms with E-state index in [0.717, 1.165) is 6.54 Å². The van der Waals surface area contributed by atoms with Crippen LogP contribution in [0.3, 0.4) is 0 Å². The average molecular weight is 185 g/mol. The number of rotatable bonds is 4. The number of carbonyl (C=O) groups is 1. The van der Waals surface area contributed by atoms with Crippen molar-refractivity contribution in [2.75, 3.05) is 13.1 Å². The predicted octanol–water partition coefficient (Wildman–Crippen LogP) is 2.33. The van der Waals surface area contributed by atoms with E-state index in [-0.39, 0.29) is 5.41 Å². The fraction of sp³-hybridized carbons (Fsp3) is 0.909. The molecule has 2 nitrogen and oxygen atoms in total. The molecule has 0 aliphatic rings. The molecule has 0 aromatic carbocycles. The maximum atomic E-state index is 11.7. The van der Waals surface area contributed by atoms with Crippen LogP contribution in [0.4, 0.5) is 0 Å². The Balaban J connectivity index is 4.18. The van der Waals surface area contributed by atoms with Crippen LogP contribution in [0.25, 0.3) is 0 Å². The van der Waals surface area contributed by atoms with E-state index in [2.05, 4.69) is 25.7 Å². The standard InChI is InChI=1S/C11H23NO/c1-7-12(9(2)3)8-10(13)11(4,5)6/h9H,7-8H2,1-6H3. The topological polar surface area (TPSA) is 20.3 Å². The zero-order valence-electron chi connectivity index (χ0n) is 9.85. The molecular weight excluding hydrogens is 162 g/mol. The van der Waals surface area contributed by atoms with Crippen LogP contribution in [-0.2, 0) is 4.79 Å². The van der Waals surface area contributed by atoms with E-state index in [1.807, 2.05) is 20.8 Å². The highest BCUT2D eigenvalue weighted by Crippen LogP contribution is 2.15. The van der Waals surface area contributed by atoms with Gasteiger partial charge in [0.1, 0.15) is 0 Å². The van der Waals surface area contributed by atoms with Crippen molar-refractivity contribution in [1.82, 2.24) is 4.90 Å². The molecule has 78 valence electrons. The lowest BCUT2D eigenvalue weighted by Gasteiger charge is -2.27. The van der Waals surface area contributed by atoms with Crippen LogP contribution in [0, 0.1) is 5.41 Å². The molecule has 0 radical (unpaired) electrons. The van der Waals surface area contributed by atoms with Crippen LogP contribution in [0.15, 0.2) is 0 Å². The highest BCUT2D eigenvalue weighted by atomic mass is 16.1. The third-order valence-electron chi connectivity index (χ3n) is 2.32. The van der Waals surface area contributed by atoms with E-state index >= 15 is 0 Å². The normalized spacial score (nSPS) is 12.6. The third-order valence-corrected chi connectivity index (χ3v) is 2.32. The molecule has 0 heterocycles. The summed E-state index contributed by atoms with van der Waals surface area (Å²) in [5.74, 6) is 0.322. The van der Waals surface area contributed by atoms with E-state index in [0.29, 0.717) is 18.4 Å². The molecule has 0 rings (SSSR count). The number of hydrogen-bond acceptors (Lipinski definition) is 2. The largest absolute Gasteiger partial charge is 0.298 e. The lowest BCUT2D eigenvalue weighted by atomic mass is 9.90. The number of ketones is 1. The van der Waals surface area contributed by atoms with Crippen LogP contribution >= 0.6 is 0 Å².